The maximum atomic E-state index is 12.6. The molecule has 8 nitrogen and oxygen atoms in total. The van der Waals surface area contributed by atoms with Crippen molar-refractivity contribution in [2.45, 2.75) is 19.1 Å². The van der Waals surface area contributed by atoms with Crippen LogP contribution in [0, 0.1) is 0 Å². The zero-order valence-electron chi connectivity index (χ0n) is 16.8. The van der Waals surface area contributed by atoms with E-state index in [-0.39, 0.29) is 24.3 Å². The molecule has 2 aliphatic rings. The standard InChI is InChI=1S/C23H21N3O5/c1-2-10-28-16-5-6-18-15(11-16)7-9-26-19(18)12-21(25-23(26)27)29-13-17-14-30-22-20(31-17)4-3-8-24-22/h2-6,8,11-12,17H,1,7,9-10,13-14H2/t17-/m1/s1. The van der Waals surface area contributed by atoms with Crippen molar-refractivity contribution in [3.05, 3.63) is 71.3 Å². The first-order valence-corrected chi connectivity index (χ1v) is 10.1. The van der Waals surface area contributed by atoms with Gasteiger partial charge in [-0.05, 0) is 42.3 Å². The molecule has 158 valence electrons. The van der Waals surface area contributed by atoms with Gasteiger partial charge in [-0.3, -0.25) is 4.57 Å². The Balaban J connectivity index is 1.35. The summed E-state index contributed by atoms with van der Waals surface area (Å²) in [6.07, 6.45) is 3.76. The summed E-state index contributed by atoms with van der Waals surface area (Å²) < 4.78 is 24.6. The minimum atomic E-state index is -0.333. The average Bonchev–Trinajstić information content (AvgIpc) is 2.81. The molecule has 0 spiro atoms. The van der Waals surface area contributed by atoms with Gasteiger partial charge in [0.15, 0.2) is 11.9 Å². The molecule has 0 unspecified atom stereocenters. The highest BCUT2D eigenvalue weighted by atomic mass is 16.6. The summed E-state index contributed by atoms with van der Waals surface area (Å²) in [5.41, 5.74) is 2.53. The first-order valence-electron chi connectivity index (χ1n) is 10.1. The number of aromatic nitrogens is 3. The van der Waals surface area contributed by atoms with Crippen LogP contribution in [0.15, 0.2) is 60.0 Å². The molecule has 8 heteroatoms. The predicted molar refractivity (Wildman–Crippen MR) is 113 cm³/mol. The van der Waals surface area contributed by atoms with Gasteiger partial charge in [0.25, 0.3) is 5.88 Å². The largest absolute Gasteiger partial charge is 0.490 e. The second kappa shape index (κ2) is 8.14. The molecule has 3 aromatic rings. The molecule has 2 aromatic heterocycles. The lowest BCUT2D eigenvalue weighted by Crippen LogP contribution is -2.35. The molecule has 0 fully saturated rings. The van der Waals surface area contributed by atoms with Crippen molar-refractivity contribution < 1.29 is 18.9 Å². The highest BCUT2D eigenvalue weighted by Gasteiger charge is 2.24. The minimum absolute atomic E-state index is 0.200. The Morgan fingerprint density at radius 1 is 1.26 bits per heavy atom. The van der Waals surface area contributed by atoms with Crippen LogP contribution in [0.25, 0.3) is 11.3 Å². The Labute approximate surface area is 178 Å². The first kappa shape index (κ1) is 19.2. The minimum Gasteiger partial charge on any atom is -0.490 e. The van der Waals surface area contributed by atoms with Crippen molar-refractivity contribution >= 4 is 0 Å². The molecule has 0 N–H and O–H groups in total. The lowest BCUT2D eigenvalue weighted by Gasteiger charge is -2.25. The maximum absolute atomic E-state index is 12.6. The van der Waals surface area contributed by atoms with Crippen molar-refractivity contribution in [1.82, 2.24) is 14.5 Å². The number of ether oxygens (including phenoxy) is 4. The Bertz CT molecular complexity index is 1190. The van der Waals surface area contributed by atoms with Gasteiger partial charge in [0.1, 0.15) is 25.6 Å². The smallest absolute Gasteiger partial charge is 0.351 e. The number of fused-ring (bicyclic) bond motifs is 4. The van der Waals surface area contributed by atoms with Crippen LogP contribution in [0.4, 0.5) is 0 Å². The average molecular weight is 419 g/mol. The molecule has 0 saturated heterocycles. The lowest BCUT2D eigenvalue weighted by molar-refractivity contribution is 0.0486. The van der Waals surface area contributed by atoms with Crippen LogP contribution in [0.3, 0.4) is 0 Å². The second-order valence-electron chi connectivity index (χ2n) is 7.25. The van der Waals surface area contributed by atoms with E-state index >= 15 is 0 Å². The van der Waals surface area contributed by atoms with Gasteiger partial charge in [0.2, 0.25) is 5.88 Å². The SMILES string of the molecule is C=CCOc1ccc2c(c1)CCn1c-2cc(OC[C@@H]2COc3ncccc3O2)nc1=O. The molecule has 0 amide bonds. The van der Waals surface area contributed by atoms with E-state index in [0.717, 1.165) is 29.0 Å². The normalized spacial score (nSPS) is 16.1. The number of rotatable bonds is 6. The van der Waals surface area contributed by atoms with Crippen molar-refractivity contribution in [2.75, 3.05) is 19.8 Å². The quantitative estimate of drug-likeness (QED) is 0.568. The van der Waals surface area contributed by atoms with Gasteiger partial charge in [0.05, 0.1) is 5.69 Å². The van der Waals surface area contributed by atoms with Crippen LogP contribution in [0.2, 0.25) is 0 Å². The van der Waals surface area contributed by atoms with Gasteiger partial charge in [0, 0.05) is 24.4 Å². The van der Waals surface area contributed by atoms with E-state index in [0.29, 0.717) is 31.4 Å². The van der Waals surface area contributed by atoms with E-state index in [2.05, 4.69) is 16.5 Å². The molecule has 2 aliphatic heterocycles. The van der Waals surface area contributed by atoms with E-state index in [1.165, 1.54) is 0 Å². The summed E-state index contributed by atoms with van der Waals surface area (Å²) in [6.45, 7) is 5.19. The Morgan fingerprint density at radius 2 is 2.19 bits per heavy atom. The molecule has 0 radical (unpaired) electrons. The summed E-state index contributed by atoms with van der Waals surface area (Å²) in [5.74, 6) is 2.09. The third-order valence-corrected chi connectivity index (χ3v) is 5.17. The van der Waals surface area contributed by atoms with Crippen LogP contribution in [0.5, 0.6) is 23.3 Å². The van der Waals surface area contributed by atoms with E-state index < -0.39 is 0 Å². The molecule has 4 heterocycles. The van der Waals surface area contributed by atoms with Crippen molar-refractivity contribution in [1.29, 1.82) is 0 Å². The first-order chi connectivity index (χ1) is 15.2. The van der Waals surface area contributed by atoms with Crippen molar-refractivity contribution in [2.24, 2.45) is 0 Å². The number of hydrogen-bond donors (Lipinski definition) is 0. The van der Waals surface area contributed by atoms with E-state index in [4.69, 9.17) is 18.9 Å². The highest BCUT2D eigenvalue weighted by molar-refractivity contribution is 5.67. The van der Waals surface area contributed by atoms with E-state index in [9.17, 15) is 4.79 Å². The summed E-state index contributed by atoms with van der Waals surface area (Å²) in [5, 5.41) is 0. The lowest BCUT2D eigenvalue weighted by atomic mass is 9.97. The van der Waals surface area contributed by atoms with E-state index in [1.54, 1.807) is 35.0 Å². The summed E-state index contributed by atoms with van der Waals surface area (Å²) in [7, 11) is 0. The molecule has 0 saturated carbocycles. The maximum Gasteiger partial charge on any atom is 0.351 e. The fourth-order valence-corrected chi connectivity index (χ4v) is 3.72. The number of aryl methyl sites for hydroxylation is 1. The number of hydrogen-bond acceptors (Lipinski definition) is 7. The molecular formula is C23H21N3O5. The van der Waals surface area contributed by atoms with Crippen LogP contribution >= 0.6 is 0 Å². The number of nitrogens with zero attached hydrogens (tertiary/aromatic N) is 3. The molecular weight excluding hydrogens is 398 g/mol. The van der Waals surface area contributed by atoms with Gasteiger partial charge >= 0.3 is 5.69 Å². The predicted octanol–water partition coefficient (Wildman–Crippen LogP) is 2.65. The van der Waals surface area contributed by atoms with Gasteiger partial charge in [-0.25, -0.2) is 9.78 Å². The molecule has 1 aromatic carbocycles. The van der Waals surface area contributed by atoms with Crippen LogP contribution < -0.4 is 24.6 Å². The fraction of sp³-hybridized carbons (Fsp3) is 0.261. The van der Waals surface area contributed by atoms with Gasteiger partial charge in [-0.2, -0.15) is 4.98 Å². The summed E-state index contributed by atoms with van der Waals surface area (Å²) in [4.78, 5) is 20.8. The van der Waals surface area contributed by atoms with Crippen molar-refractivity contribution in [3.63, 3.8) is 0 Å². The molecule has 31 heavy (non-hydrogen) atoms. The fourth-order valence-electron chi connectivity index (χ4n) is 3.72. The molecule has 5 rings (SSSR count). The second-order valence-corrected chi connectivity index (χ2v) is 7.25. The van der Waals surface area contributed by atoms with Crippen LogP contribution in [-0.2, 0) is 13.0 Å². The zero-order valence-corrected chi connectivity index (χ0v) is 16.8. The highest BCUT2D eigenvalue weighted by Crippen LogP contribution is 2.33. The van der Waals surface area contributed by atoms with Crippen LogP contribution in [-0.4, -0.2) is 40.5 Å². The van der Waals surface area contributed by atoms with E-state index in [1.807, 2.05) is 18.2 Å². The Kier molecular flexibility index (Phi) is 5.03. The van der Waals surface area contributed by atoms with Crippen molar-refractivity contribution in [3.8, 4) is 34.5 Å². The molecule has 1 atom stereocenters. The molecule has 0 bridgehead atoms. The topological polar surface area (TPSA) is 84.7 Å². The Hall–Kier alpha value is -3.81. The monoisotopic (exact) mass is 419 g/mol. The van der Waals surface area contributed by atoms with Gasteiger partial charge in [-0.1, -0.05) is 12.7 Å². The summed E-state index contributed by atoms with van der Waals surface area (Å²) in [6, 6.07) is 11.2. The van der Waals surface area contributed by atoms with Gasteiger partial charge in [-0.15, -0.1) is 0 Å². The molecule has 0 aliphatic carbocycles. The Morgan fingerprint density at radius 3 is 3.10 bits per heavy atom. The summed E-state index contributed by atoms with van der Waals surface area (Å²) >= 11 is 0. The van der Waals surface area contributed by atoms with Gasteiger partial charge < -0.3 is 18.9 Å². The number of pyridine rings is 1. The zero-order chi connectivity index (χ0) is 21.2. The van der Waals surface area contributed by atoms with Crippen LogP contribution in [0.1, 0.15) is 5.56 Å². The third-order valence-electron chi connectivity index (χ3n) is 5.17. The number of benzene rings is 1. The third kappa shape index (κ3) is 3.84.